The SMILES string of the molecule is C=C(C)COc1c(F)cccc1CCC. The molecule has 1 nitrogen and oxygen atoms in total. The molecule has 0 heterocycles. The molecule has 0 aliphatic heterocycles. The third-order valence-corrected chi connectivity index (χ3v) is 2.03. The van der Waals surface area contributed by atoms with Crippen LogP contribution in [0, 0.1) is 5.82 Å². The quantitative estimate of drug-likeness (QED) is 0.670. The van der Waals surface area contributed by atoms with Crippen molar-refractivity contribution in [2.45, 2.75) is 26.7 Å². The number of ether oxygens (including phenoxy) is 1. The molecular formula is C13H17FO. The number of hydrogen-bond donors (Lipinski definition) is 0. The fourth-order valence-electron chi connectivity index (χ4n) is 1.38. The Balaban J connectivity index is 2.86. The van der Waals surface area contributed by atoms with E-state index in [1.165, 1.54) is 6.07 Å². The largest absolute Gasteiger partial charge is 0.486 e. The van der Waals surface area contributed by atoms with Gasteiger partial charge in [-0.3, -0.25) is 0 Å². The van der Waals surface area contributed by atoms with Gasteiger partial charge in [0.15, 0.2) is 11.6 Å². The summed E-state index contributed by atoms with van der Waals surface area (Å²) in [5.41, 5.74) is 1.82. The molecule has 0 aliphatic rings. The van der Waals surface area contributed by atoms with Crippen LogP contribution in [0.5, 0.6) is 5.75 Å². The van der Waals surface area contributed by atoms with E-state index < -0.39 is 0 Å². The fraction of sp³-hybridized carbons (Fsp3) is 0.385. The van der Waals surface area contributed by atoms with Gasteiger partial charge < -0.3 is 4.74 Å². The number of hydrogen-bond acceptors (Lipinski definition) is 1. The van der Waals surface area contributed by atoms with Crippen molar-refractivity contribution in [1.82, 2.24) is 0 Å². The Bertz CT molecular complexity index is 344. The summed E-state index contributed by atoms with van der Waals surface area (Å²) in [5, 5.41) is 0. The Morgan fingerprint density at radius 3 is 2.80 bits per heavy atom. The number of para-hydroxylation sites is 1. The van der Waals surface area contributed by atoms with Gasteiger partial charge in [-0.05, 0) is 30.5 Å². The Labute approximate surface area is 90.6 Å². The number of rotatable bonds is 5. The molecule has 82 valence electrons. The molecule has 0 radical (unpaired) electrons. The average molecular weight is 208 g/mol. The Morgan fingerprint density at radius 2 is 2.20 bits per heavy atom. The summed E-state index contributed by atoms with van der Waals surface area (Å²) < 4.78 is 18.9. The van der Waals surface area contributed by atoms with Crippen LogP contribution in [0.25, 0.3) is 0 Å². The zero-order chi connectivity index (χ0) is 11.3. The summed E-state index contributed by atoms with van der Waals surface area (Å²) in [7, 11) is 0. The highest BCUT2D eigenvalue weighted by molar-refractivity contribution is 5.35. The first-order chi connectivity index (χ1) is 7.15. The Morgan fingerprint density at radius 1 is 1.47 bits per heavy atom. The fourth-order valence-corrected chi connectivity index (χ4v) is 1.38. The van der Waals surface area contributed by atoms with E-state index in [2.05, 4.69) is 13.5 Å². The van der Waals surface area contributed by atoms with Crippen molar-refractivity contribution in [3.63, 3.8) is 0 Å². The summed E-state index contributed by atoms with van der Waals surface area (Å²) in [6.07, 6.45) is 1.82. The van der Waals surface area contributed by atoms with Crippen LogP contribution in [0.4, 0.5) is 4.39 Å². The van der Waals surface area contributed by atoms with E-state index in [1.54, 1.807) is 6.07 Å². The van der Waals surface area contributed by atoms with Crippen molar-refractivity contribution in [2.24, 2.45) is 0 Å². The van der Waals surface area contributed by atoms with Crippen LogP contribution in [0.1, 0.15) is 25.8 Å². The normalized spacial score (nSPS) is 10.1. The summed E-state index contributed by atoms with van der Waals surface area (Å²) in [6, 6.07) is 5.04. The molecule has 0 unspecified atom stereocenters. The lowest BCUT2D eigenvalue weighted by molar-refractivity contribution is 0.328. The van der Waals surface area contributed by atoms with E-state index in [9.17, 15) is 4.39 Å². The second-order valence-corrected chi connectivity index (χ2v) is 3.72. The molecule has 1 rings (SSSR count). The number of halogens is 1. The average Bonchev–Trinajstić information content (AvgIpc) is 2.17. The molecule has 15 heavy (non-hydrogen) atoms. The van der Waals surface area contributed by atoms with Gasteiger partial charge in [0.2, 0.25) is 0 Å². The van der Waals surface area contributed by atoms with Gasteiger partial charge in [-0.15, -0.1) is 0 Å². The van der Waals surface area contributed by atoms with Crippen molar-refractivity contribution in [3.8, 4) is 5.75 Å². The summed E-state index contributed by atoms with van der Waals surface area (Å²) in [6.45, 7) is 8.03. The van der Waals surface area contributed by atoms with Gasteiger partial charge in [0.25, 0.3) is 0 Å². The zero-order valence-corrected chi connectivity index (χ0v) is 9.35. The molecule has 0 spiro atoms. The molecule has 0 saturated carbocycles. The van der Waals surface area contributed by atoms with Crippen molar-refractivity contribution < 1.29 is 9.13 Å². The maximum atomic E-state index is 13.5. The zero-order valence-electron chi connectivity index (χ0n) is 9.35. The summed E-state index contributed by atoms with van der Waals surface area (Å²) >= 11 is 0. The molecule has 0 N–H and O–H groups in total. The second kappa shape index (κ2) is 5.54. The molecule has 0 amide bonds. The third kappa shape index (κ3) is 3.39. The molecular weight excluding hydrogens is 191 g/mol. The van der Waals surface area contributed by atoms with Gasteiger partial charge in [0, 0.05) is 0 Å². The highest BCUT2D eigenvalue weighted by Gasteiger charge is 2.08. The van der Waals surface area contributed by atoms with Crippen LogP contribution in [-0.4, -0.2) is 6.61 Å². The third-order valence-electron chi connectivity index (χ3n) is 2.03. The van der Waals surface area contributed by atoms with E-state index in [4.69, 9.17) is 4.74 Å². The van der Waals surface area contributed by atoms with Crippen LogP contribution in [0.2, 0.25) is 0 Å². The van der Waals surface area contributed by atoms with Crippen molar-refractivity contribution in [3.05, 3.63) is 41.7 Å². The Hall–Kier alpha value is -1.31. The standard InChI is InChI=1S/C13H17FO/c1-4-6-11-7-5-8-12(14)13(11)15-9-10(2)3/h5,7-8H,2,4,6,9H2,1,3H3. The summed E-state index contributed by atoms with van der Waals surface area (Å²) in [5.74, 6) is 0.0875. The van der Waals surface area contributed by atoms with Gasteiger partial charge in [-0.2, -0.15) is 0 Å². The first kappa shape index (κ1) is 11.8. The molecule has 0 atom stereocenters. The predicted molar refractivity (Wildman–Crippen MR) is 60.7 cm³/mol. The van der Waals surface area contributed by atoms with E-state index in [0.29, 0.717) is 12.4 Å². The molecule has 2 heteroatoms. The highest BCUT2D eigenvalue weighted by atomic mass is 19.1. The lowest BCUT2D eigenvalue weighted by atomic mass is 10.1. The first-order valence-corrected chi connectivity index (χ1v) is 5.19. The number of aryl methyl sites for hydroxylation is 1. The van der Waals surface area contributed by atoms with E-state index >= 15 is 0 Å². The van der Waals surface area contributed by atoms with Crippen LogP contribution in [-0.2, 0) is 6.42 Å². The molecule has 0 bridgehead atoms. The molecule has 1 aromatic rings. The van der Waals surface area contributed by atoms with Crippen molar-refractivity contribution in [2.75, 3.05) is 6.61 Å². The van der Waals surface area contributed by atoms with Gasteiger partial charge >= 0.3 is 0 Å². The minimum atomic E-state index is -0.290. The first-order valence-electron chi connectivity index (χ1n) is 5.19. The highest BCUT2D eigenvalue weighted by Crippen LogP contribution is 2.24. The molecule has 1 aromatic carbocycles. The van der Waals surface area contributed by atoms with E-state index in [-0.39, 0.29) is 5.82 Å². The number of benzene rings is 1. The van der Waals surface area contributed by atoms with Crippen LogP contribution >= 0.6 is 0 Å². The maximum Gasteiger partial charge on any atom is 0.165 e. The summed E-state index contributed by atoms with van der Waals surface area (Å²) in [4.78, 5) is 0. The molecule has 0 aliphatic carbocycles. The van der Waals surface area contributed by atoms with E-state index in [1.807, 2.05) is 13.0 Å². The van der Waals surface area contributed by atoms with Crippen LogP contribution in [0.15, 0.2) is 30.4 Å². The van der Waals surface area contributed by atoms with Gasteiger partial charge in [0.1, 0.15) is 6.61 Å². The molecule has 0 fully saturated rings. The van der Waals surface area contributed by atoms with E-state index in [0.717, 1.165) is 24.0 Å². The maximum absolute atomic E-state index is 13.5. The molecule has 0 aromatic heterocycles. The van der Waals surface area contributed by atoms with Crippen LogP contribution in [0.3, 0.4) is 0 Å². The second-order valence-electron chi connectivity index (χ2n) is 3.72. The monoisotopic (exact) mass is 208 g/mol. The lowest BCUT2D eigenvalue weighted by Crippen LogP contribution is -2.02. The van der Waals surface area contributed by atoms with Gasteiger partial charge in [-0.25, -0.2) is 4.39 Å². The predicted octanol–water partition coefficient (Wildman–Crippen LogP) is 3.73. The minimum absolute atomic E-state index is 0.290. The van der Waals surface area contributed by atoms with Gasteiger partial charge in [-0.1, -0.05) is 32.1 Å². The molecule has 0 saturated heterocycles. The minimum Gasteiger partial charge on any atom is -0.486 e. The smallest absolute Gasteiger partial charge is 0.165 e. The van der Waals surface area contributed by atoms with Crippen molar-refractivity contribution >= 4 is 0 Å². The van der Waals surface area contributed by atoms with Gasteiger partial charge in [0.05, 0.1) is 0 Å². The van der Waals surface area contributed by atoms with Crippen LogP contribution < -0.4 is 4.74 Å². The topological polar surface area (TPSA) is 9.23 Å². The lowest BCUT2D eigenvalue weighted by Gasteiger charge is -2.11. The van der Waals surface area contributed by atoms with Crippen molar-refractivity contribution in [1.29, 1.82) is 0 Å². The Kier molecular flexibility index (Phi) is 4.35.